The lowest BCUT2D eigenvalue weighted by atomic mass is 9.89. The highest BCUT2D eigenvalue weighted by molar-refractivity contribution is 6.12. The molecular weight excluding hydrogens is 947 g/mol. The van der Waals surface area contributed by atoms with Crippen molar-refractivity contribution in [3.63, 3.8) is 0 Å². The van der Waals surface area contributed by atoms with Gasteiger partial charge in [0, 0.05) is 74.4 Å². The topological polar surface area (TPSA) is 367 Å². The number of aliphatic carboxylic acids is 1. The van der Waals surface area contributed by atoms with Crippen LogP contribution in [0.1, 0.15) is 93.3 Å². The van der Waals surface area contributed by atoms with Crippen LogP contribution in [0.25, 0.3) is 11.2 Å². The number of imide groups is 1. The first kappa shape index (κ1) is 55.4. The molecular formula is C49H61N13O11. The number of nitrogens with zero attached hydrogens (tertiary/aromatic N) is 6. The van der Waals surface area contributed by atoms with Crippen LogP contribution < -0.4 is 43.4 Å². The summed E-state index contributed by atoms with van der Waals surface area (Å²) >= 11 is 0. The van der Waals surface area contributed by atoms with Crippen molar-refractivity contribution in [1.29, 1.82) is 0 Å². The van der Waals surface area contributed by atoms with Gasteiger partial charge in [-0.05, 0) is 80.0 Å². The highest BCUT2D eigenvalue weighted by Crippen LogP contribution is 2.22. The molecule has 0 unspecified atom stereocenters. The van der Waals surface area contributed by atoms with Crippen LogP contribution in [-0.2, 0) is 51.5 Å². The number of fused-ring (bicyclic) bond motifs is 1. The fraction of sp³-hybridized carbons (Fsp3) is 0.408. The number of aromatic nitrogens is 4. The molecule has 73 heavy (non-hydrogen) atoms. The normalized spacial score (nSPS) is 13.3. The molecule has 3 heterocycles. The number of carbonyl (C=O) groups excluding carboxylic acids is 8. The number of benzene rings is 2. The molecule has 0 aliphatic carbocycles. The van der Waals surface area contributed by atoms with Gasteiger partial charge < -0.3 is 53.2 Å². The molecule has 3 atom stereocenters. The van der Waals surface area contributed by atoms with Crippen LogP contribution in [0.15, 0.2) is 66.9 Å². The summed E-state index contributed by atoms with van der Waals surface area (Å²) in [6.07, 6.45) is 5.41. The lowest BCUT2D eigenvalue weighted by Gasteiger charge is -2.24. The van der Waals surface area contributed by atoms with Gasteiger partial charge in [-0.15, -0.1) is 0 Å². The van der Waals surface area contributed by atoms with Crippen LogP contribution in [0.3, 0.4) is 0 Å². The number of nitrogen functional groups attached to an aromatic ring is 2. The number of ether oxygens (including phenoxy) is 1. The van der Waals surface area contributed by atoms with E-state index in [1.807, 2.05) is 4.90 Å². The van der Waals surface area contributed by atoms with Crippen molar-refractivity contribution in [3.8, 4) is 0 Å². The second-order valence-corrected chi connectivity index (χ2v) is 17.7. The third-order valence-corrected chi connectivity index (χ3v) is 11.7. The summed E-state index contributed by atoms with van der Waals surface area (Å²) in [6, 6.07) is 9.77. The van der Waals surface area contributed by atoms with Gasteiger partial charge >= 0.3 is 18.0 Å². The smallest absolute Gasteiger partial charge is 0.326 e. The number of anilines is 4. The third-order valence-electron chi connectivity index (χ3n) is 11.7. The number of urea groups is 1. The van der Waals surface area contributed by atoms with E-state index in [1.54, 1.807) is 57.3 Å². The molecule has 388 valence electrons. The van der Waals surface area contributed by atoms with Gasteiger partial charge in [0.25, 0.3) is 17.7 Å². The Labute approximate surface area is 420 Å². The summed E-state index contributed by atoms with van der Waals surface area (Å²) in [4.78, 5) is 132. The maximum absolute atomic E-state index is 13.7. The van der Waals surface area contributed by atoms with E-state index in [2.05, 4.69) is 41.2 Å². The standard InChI is InChI=1S/C49H61N13O11/c1-28(2)41(58-37(64)9-5-4-6-23-62-38(65)19-20-39(62)66)36(63)24-31(8-7-22-53-49(52)72)46(69)56-32-14-10-29(11-15-32)27-73-40(67)21-18-35(47(70)71)57-45(68)30-12-16-34(17-13-30)61(3)26-33-25-54-44-42(55-33)43(50)59-48(51)60-44/h10-17,19-20,25,28,31,35,41H,4-9,18,21-24,26-27H2,1-3H3,(H,56,69)(H,57,68)(H,58,64)(H,70,71)(H3,52,53,72)(H4,50,51,54,59,60)/t31-,35+,41+/m1/s1. The van der Waals surface area contributed by atoms with E-state index in [4.69, 9.17) is 21.9 Å². The lowest BCUT2D eigenvalue weighted by molar-refractivity contribution is -0.146. The highest BCUT2D eigenvalue weighted by Gasteiger charge is 2.30. The second-order valence-electron chi connectivity index (χ2n) is 17.7. The van der Waals surface area contributed by atoms with Crippen LogP contribution in [0.4, 0.5) is 27.9 Å². The van der Waals surface area contributed by atoms with Gasteiger partial charge in [0.2, 0.25) is 17.8 Å². The molecule has 0 radical (unpaired) electrons. The van der Waals surface area contributed by atoms with E-state index in [0.717, 1.165) is 4.90 Å². The first-order chi connectivity index (χ1) is 34.8. The summed E-state index contributed by atoms with van der Waals surface area (Å²) in [5.74, 6) is -5.68. The Kier molecular flexibility index (Phi) is 20.2. The van der Waals surface area contributed by atoms with Crippen LogP contribution in [0, 0.1) is 11.8 Å². The second kappa shape index (κ2) is 26.6. The number of hydrogen-bond donors (Lipinski definition) is 8. The molecule has 11 N–H and O–H groups in total. The van der Waals surface area contributed by atoms with Crippen LogP contribution >= 0.6 is 0 Å². The number of carbonyl (C=O) groups is 9. The molecule has 1 aliphatic heterocycles. The molecule has 0 spiro atoms. The lowest BCUT2D eigenvalue weighted by Crippen LogP contribution is -2.45. The number of Topliss-reactive ketones (excluding diaryl/α,β-unsaturated/α-hetero) is 1. The average molecular weight is 1010 g/mol. The zero-order valence-electron chi connectivity index (χ0n) is 40.8. The average Bonchev–Trinajstić information content (AvgIpc) is 3.67. The molecule has 4 aromatic rings. The monoisotopic (exact) mass is 1010 g/mol. The molecule has 2 aromatic heterocycles. The number of nitrogens with one attached hydrogen (secondary N) is 4. The van der Waals surface area contributed by atoms with Crippen LogP contribution in [-0.4, -0.2) is 115 Å². The number of ketones is 1. The summed E-state index contributed by atoms with van der Waals surface area (Å²) in [6.45, 7) is 4.11. The molecule has 24 heteroatoms. The van der Waals surface area contributed by atoms with Crippen molar-refractivity contribution in [2.24, 2.45) is 17.6 Å². The highest BCUT2D eigenvalue weighted by atomic mass is 16.5. The van der Waals surface area contributed by atoms with Crippen molar-refractivity contribution in [3.05, 3.63) is 83.7 Å². The molecule has 2 aromatic carbocycles. The minimum atomic E-state index is -1.40. The van der Waals surface area contributed by atoms with Crippen LogP contribution in [0.2, 0.25) is 0 Å². The van der Waals surface area contributed by atoms with Gasteiger partial charge in [0.1, 0.15) is 12.6 Å². The predicted molar refractivity (Wildman–Crippen MR) is 267 cm³/mol. The molecule has 24 nitrogen and oxygen atoms in total. The van der Waals surface area contributed by atoms with Crippen molar-refractivity contribution >= 4 is 87.6 Å². The zero-order valence-corrected chi connectivity index (χ0v) is 40.8. The van der Waals surface area contributed by atoms with Gasteiger partial charge in [0.05, 0.1) is 24.5 Å². The Hall–Kier alpha value is -8.57. The number of esters is 1. The molecule has 0 fully saturated rings. The minimum absolute atomic E-state index is 0.0151. The summed E-state index contributed by atoms with van der Waals surface area (Å²) < 4.78 is 5.37. The zero-order chi connectivity index (χ0) is 53.2. The molecule has 5 rings (SSSR count). The van der Waals surface area contributed by atoms with Gasteiger partial charge in [0.15, 0.2) is 22.8 Å². The number of amides is 7. The number of rotatable bonds is 28. The van der Waals surface area contributed by atoms with Gasteiger partial charge in [-0.1, -0.05) is 32.4 Å². The first-order valence-corrected chi connectivity index (χ1v) is 23.6. The van der Waals surface area contributed by atoms with E-state index in [0.29, 0.717) is 60.4 Å². The first-order valence-electron chi connectivity index (χ1n) is 23.6. The van der Waals surface area contributed by atoms with Crippen molar-refractivity contribution in [1.82, 2.24) is 40.8 Å². The molecule has 0 bridgehead atoms. The Balaban J connectivity index is 1.06. The Morgan fingerprint density at radius 2 is 1.53 bits per heavy atom. The van der Waals surface area contributed by atoms with Gasteiger partial charge in [-0.2, -0.15) is 9.97 Å². The van der Waals surface area contributed by atoms with E-state index >= 15 is 0 Å². The number of nitrogens with two attached hydrogens (primary N) is 3. The van der Waals surface area contributed by atoms with Gasteiger partial charge in [-0.25, -0.2) is 19.6 Å². The molecule has 0 saturated heterocycles. The number of hydrogen-bond acceptors (Lipinski definition) is 17. The van der Waals surface area contributed by atoms with E-state index < -0.39 is 47.8 Å². The maximum atomic E-state index is 13.7. The Bertz CT molecular complexity index is 2680. The van der Waals surface area contributed by atoms with Gasteiger partial charge in [-0.3, -0.25) is 38.5 Å². The third kappa shape index (κ3) is 17.1. The Morgan fingerprint density at radius 1 is 0.836 bits per heavy atom. The number of unbranched alkanes of at least 4 members (excludes halogenated alkanes) is 2. The number of primary amides is 1. The van der Waals surface area contributed by atoms with Crippen molar-refractivity contribution in [2.45, 2.75) is 96.9 Å². The molecule has 7 amide bonds. The summed E-state index contributed by atoms with van der Waals surface area (Å²) in [7, 11) is 1.80. The van der Waals surface area contributed by atoms with Crippen LogP contribution in [0.5, 0.6) is 0 Å². The van der Waals surface area contributed by atoms with E-state index in [-0.39, 0.29) is 104 Å². The fourth-order valence-corrected chi connectivity index (χ4v) is 7.69. The Morgan fingerprint density at radius 3 is 2.19 bits per heavy atom. The SMILES string of the molecule is CC(C)[C@H](NC(=O)CCCCCN1C(=O)C=CC1=O)C(=O)C[C@@H](CCCNC(N)=O)C(=O)Nc1ccc(COC(=O)CC[C@H](NC(=O)c2ccc(N(C)Cc3cnc4nc(N)nc(N)c4n3)cc2)C(=O)O)cc1. The van der Waals surface area contributed by atoms with Crippen molar-refractivity contribution < 1.29 is 53.0 Å². The number of carboxylic acid groups (broad SMARTS) is 1. The summed E-state index contributed by atoms with van der Waals surface area (Å²) in [5, 5.41) is 20.4. The summed E-state index contributed by atoms with van der Waals surface area (Å²) in [5.41, 5.74) is 19.7. The van der Waals surface area contributed by atoms with Crippen molar-refractivity contribution in [2.75, 3.05) is 41.8 Å². The largest absolute Gasteiger partial charge is 0.480 e. The minimum Gasteiger partial charge on any atom is -0.480 e. The molecule has 0 saturated carbocycles. The quantitative estimate of drug-likeness (QED) is 0.0230. The number of carboxylic acids is 1. The predicted octanol–water partition coefficient (Wildman–Crippen LogP) is 2.52. The van der Waals surface area contributed by atoms with E-state index in [1.165, 1.54) is 30.5 Å². The molecule has 1 aliphatic rings. The van der Waals surface area contributed by atoms with E-state index in [9.17, 15) is 48.3 Å². The maximum Gasteiger partial charge on any atom is 0.326 e. The fourth-order valence-electron chi connectivity index (χ4n) is 7.69.